The molecule has 5 nitrogen and oxygen atoms in total. The van der Waals surface area contributed by atoms with Gasteiger partial charge in [-0.15, -0.1) is 0 Å². The Kier molecular flexibility index (Phi) is 6.08. The zero-order valence-corrected chi connectivity index (χ0v) is 10.9. The third kappa shape index (κ3) is 7.49. The first kappa shape index (κ1) is 17.2. The molecule has 0 rings (SSSR count). The average Bonchev–Trinajstić information content (AvgIpc) is 2.11. The van der Waals surface area contributed by atoms with Crippen molar-refractivity contribution in [1.29, 1.82) is 0 Å². The maximum absolute atomic E-state index is 12.3. The molecule has 0 saturated heterocycles. The van der Waals surface area contributed by atoms with Gasteiger partial charge in [-0.1, -0.05) is 13.8 Å². The summed E-state index contributed by atoms with van der Waals surface area (Å²) in [6.45, 7) is 1.28. The lowest BCUT2D eigenvalue weighted by Gasteiger charge is -2.24. The Hall–Kier alpha value is -0.830. The van der Waals surface area contributed by atoms with E-state index in [1.165, 1.54) is 0 Å². The molecule has 0 unspecified atom stereocenters. The van der Waals surface area contributed by atoms with Gasteiger partial charge >= 0.3 is 12.1 Å². The van der Waals surface area contributed by atoms with Crippen LogP contribution in [0.2, 0.25) is 0 Å². The van der Waals surface area contributed by atoms with Gasteiger partial charge in [0.25, 0.3) is 0 Å². The van der Waals surface area contributed by atoms with Crippen molar-refractivity contribution in [2.75, 3.05) is 18.8 Å². The second-order valence-corrected chi connectivity index (χ2v) is 6.35. The average molecular weight is 291 g/mol. The first-order valence-electron chi connectivity index (χ1n) is 5.20. The molecule has 0 aliphatic heterocycles. The molecule has 0 aromatic heterocycles. The van der Waals surface area contributed by atoms with E-state index in [0.717, 1.165) is 0 Å². The lowest BCUT2D eigenvalue weighted by molar-refractivity contribution is -0.136. The van der Waals surface area contributed by atoms with Gasteiger partial charge < -0.3 is 5.11 Å². The molecule has 108 valence electrons. The van der Waals surface area contributed by atoms with Crippen LogP contribution < -0.4 is 0 Å². The van der Waals surface area contributed by atoms with E-state index in [1.807, 2.05) is 0 Å². The van der Waals surface area contributed by atoms with Crippen molar-refractivity contribution in [1.82, 2.24) is 4.31 Å². The fourth-order valence-corrected chi connectivity index (χ4v) is 2.79. The Morgan fingerprint density at radius 2 is 1.83 bits per heavy atom. The minimum Gasteiger partial charge on any atom is -0.481 e. The molecule has 0 bridgehead atoms. The Bertz CT molecular complexity index is 378. The monoisotopic (exact) mass is 291 g/mol. The fraction of sp³-hybridized carbons (Fsp3) is 0.889. The van der Waals surface area contributed by atoms with E-state index in [1.54, 1.807) is 13.8 Å². The zero-order valence-electron chi connectivity index (χ0n) is 10.1. The van der Waals surface area contributed by atoms with Crippen LogP contribution in [0.25, 0.3) is 0 Å². The second-order valence-electron chi connectivity index (χ2n) is 4.26. The quantitative estimate of drug-likeness (QED) is 0.767. The van der Waals surface area contributed by atoms with Crippen LogP contribution in [0.5, 0.6) is 0 Å². The maximum atomic E-state index is 12.3. The predicted octanol–water partition coefficient (Wildman–Crippen LogP) is 1.31. The van der Waals surface area contributed by atoms with E-state index in [2.05, 4.69) is 0 Å². The van der Waals surface area contributed by atoms with Crippen molar-refractivity contribution in [3.05, 3.63) is 0 Å². The van der Waals surface area contributed by atoms with Gasteiger partial charge in [0.05, 0.1) is 12.2 Å². The highest BCUT2D eigenvalue weighted by atomic mass is 32.2. The number of sulfonamides is 1. The normalized spacial score (nSPS) is 13.3. The molecule has 0 heterocycles. The topological polar surface area (TPSA) is 74.7 Å². The molecule has 0 spiro atoms. The number of aliphatic carboxylic acids is 1. The number of carbonyl (C=O) groups is 1. The van der Waals surface area contributed by atoms with Crippen LogP contribution >= 0.6 is 0 Å². The van der Waals surface area contributed by atoms with Gasteiger partial charge in [0, 0.05) is 6.54 Å². The lowest BCUT2D eigenvalue weighted by Crippen LogP contribution is -2.42. The molecule has 18 heavy (non-hydrogen) atoms. The molecule has 0 radical (unpaired) electrons. The summed E-state index contributed by atoms with van der Waals surface area (Å²) in [5.41, 5.74) is 0. The lowest BCUT2D eigenvalue weighted by atomic mass is 10.2. The van der Waals surface area contributed by atoms with Crippen LogP contribution in [0, 0.1) is 5.92 Å². The van der Waals surface area contributed by atoms with E-state index < -0.39 is 40.9 Å². The summed E-state index contributed by atoms with van der Waals surface area (Å²) >= 11 is 0. The van der Waals surface area contributed by atoms with Crippen LogP contribution in [0.4, 0.5) is 13.2 Å². The van der Waals surface area contributed by atoms with E-state index >= 15 is 0 Å². The first-order valence-corrected chi connectivity index (χ1v) is 6.81. The minimum atomic E-state index is -4.65. The van der Waals surface area contributed by atoms with Crippen molar-refractivity contribution in [2.45, 2.75) is 26.4 Å². The largest absolute Gasteiger partial charge is 0.481 e. The van der Waals surface area contributed by atoms with Crippen LogP contribution in [0.3, 0.4) is 0 Å². The van der Waals surface area contributed by atoms with Gasteiger partial charge in [-0.25, -0.2) is 8.42 Å². The Labute approximate surface area is 104 Å². The molecular weight excluding hydrogens is 275 g/mol. The summed E-state index contributed by atoms with van der Waals surface area (Å²) in [4.78, 5) is 10.3. The number of rotatable bonds is 7. The molecule has 0 aliphatic carbocycles. The summed E-state index contributed by atoms with van der Waals surface area (Å²) < 4.78 is 60.3. The zero-order chi connectivity index (χ0) is 14.6. The van der Waals surface area contributed by atoms with E-state index in [9.17, 15) is 26.4 Å². The van der Waals surface area contributed by atoms with Gasteiger partial charge in [0.15, 0.2) is 0 Å². The van der Waals surface area contributed by atoms with Gasteiger partial charge in [-0.05, 0) is 5.92 Å². The molecule has 0 fully saturated rings. The third-order valence-electron chi connectivity index (χ3n) is 1.89. The van der Waals surface area contributed by atoms with Crippen LogP contribution in [0.1, 0.15) is 20.3 Å². The van der Waals surface area contributed by atoms with Gasteiger partial charge in [-0.2, -0.15) is 17.5 Å². The molecule has 9 heteroatoms. The predicted molar refractivity (Wildman–Crippen MR) is 58.5 cm³/mol. The molecular formula is C9H16F3NO4S. The smallest absolute Gasteiger partial charge is 0.402 e. The van der Waals surface area contributed by atoms with Crippen LogP contribution in [0.15, 0.2) is 0 Å². The van der Waals surface area contributed by atoms with E-state index in [4.69, 9.17) is 5.11 Å². The first-order chi connectivity index (χ1) is 7.94. The summed E-state index contributed by atoms with van der Waals surface area (Å²) in [7, 11) is -4.21. The Balaban J connectivity index is 4.88. The SMILES string of the molecule is CC(C)CN(CC(F)(F)F)S(=O)(=O)CCC(=O)O. The van der Waals surface area contributed by atoms with Gasteiger partial charge in [0.1, 0.15) is 6.54 Å². The van der Waals surface area contributed by atoms with Crippen molar-refractivity contribution in [3.63, 3.8) is 0 Å². The highest BCUT2D eigenvalue weighted by molar-refractivity contribution is 7.89. The standard InChI is InChI=1S/C9H16F3NO4S/c1-7(2)5-13(6-9(10,11)12)18(16,17)4-3-8(14)15/h7H,3-6H2,1-2H3,(H,14,15). The molecule has 0 amide bonds. The fourth-order valence-electron chi connectivity index (χ4n) is 1.23. The van der Waals surface area contributed by atoms with E-state index in [-0.39, 0.29) is 12.5 Å². The summed E-state index contributed by atoms with van der Waals surface area (Å²) in [6, 6.07) is 0. The van der Waals surface area contributed by atoms with Crippen LogP contribution in [-0.4, -0.2) is 48.8 Å². The number of halogens is 3. The maximum Gasteiger partial charge on any atom is 0.402 e. The molecule has 1 N–H and O–H groups in total. The summed E-state index contributed by atoms with van der Waals surface area (Å²) in [5.74, 6) is -2.48. The minimum absolute atomic E-state index is 0.285. The van der Waals surface area contributed by atoms with Crippen molar-refractivity contribution < 1.29 is 31.5 Å². The molecule has 0 saturated carbocycles. The van der Waals surface area contributed by atoms with Crippen molar-refractivity contribution in [3.8, 4) is 0 Å². The number of carboxylic acids is 1. The molecule has 0 aromatic rings. The summed E-state index contributed by atoms with van der Waals surface area (Å²) in [6.07, 6.45) is -5.36. The molecule has 0 aromatic carbocycles. The Morgan fingerprint density at radius 1 is 1.33 bits per heavy atom. The van der Waals surface area contributed by atoms with Crippen LogP contribution in [-0.2, 0) is 14.8 Å². The molecule has 0 atom stereocenters. The summed E-state index contributed by atoms with van der Waals surface area (Å²) in [5, 5.41) is 8.37. The van der Waals surface area contributed by atoms with Crippen molar-refractivity contribution in [2.24, 2.45) is 5.92 Å². The van der Waals surface area contributed by atoms with Crippen molar-refractivity contribution >= 4 is 16.0 Å². The number of carboxylic acid groups (broad SMARTS) is 1. The molecule has 0 aliphatic rings. The number of alkyl halides is 3. The van der Waals surface area contributed by atoms with Gasteiger partial charge in [-0.3, -0.25) is 4.79 Å². The third-order valence-corrected chi connectivity index (χ3v) is 3.68. The number of hydrogen-bond donors (Lipinski definition) is 1. The second kappa shape index (κ2) is 6.37. The highest BCUT2D eigenvalue weighted by Gasteiger charge is 2.36. The number of nitrogens with zero attached hydrogens (tertiary/aromatic N) is 1. The van der Waals surface area contributed by atoms with E-state index in [0.29, 0.717) is 4.31 Å². The Morgan fingerprint density at radius 3 is 2.17 bits per heavy atom. The highest BCUT2D eigenvalue weighted by Crippen LogP contribution is 2.20. The number of hydrogen-bond acceptors (Lipinski definition) is 3. The van der Waals surface area contributed by atoms with Gasteiger partial charge in [0.2, 0.25) is 10.0 Å².